The van der Waals surface area contributed by atoms with E-state index in [0.717, 1.165) is 0 Å². The molecule has 0 fully saturated rings. The lowest BCUT2D eigenvalue weighted by molar-refractivity contribution is -0.139. The highest BCUT2D eigenvalue weighted by molar-refractivity contribution is 5.72. The number of aryl methyl sites for hydroxylation is 1. The van der Waals surface area contributed by atoms with E-state index < -0.39 is 5.97 Å². The summed E-state index contributed by atoms with van der Waals surface area (Å²) in [7, 11) is 1.30. The number of hydrogen-bond acceptors (Lipinski definition) is 3. The van der Waals surface area contributed by atoms with E-state index in [0.29, 0.717) is 11.3 Å². The lowest BCUT2D eigenvalue weighted by Crippen LogP contribution is -2.16. The molecule has 4 heteroatoms. The van der Waals surface area contributed by atoms with Gasteiger partial charge < -0.3 is 9.72 Å². The van der Waals surface area contributed by atoms with Crippen molar-refractivity contribution in [3.8, 4) is 0 Å². The summed E-state index contributed by atoms with van der Waals surface area (Å²) < 4.78 is 4.47. The second-order valence-corrected chi connectivity index (χ2v) is 2.70. The molecule has 0 unspecified atom stereocenters. The number of esters is 1. The SMILES string of the molecule is COC(=O)Cc1c(C)[nH]ccc1=O. The third-order valence-corrected chi connectivity index (χ3v) is 1.83. The number of aromatic nitrogens is 1. The number of hydrogen-bond donors (Lipinski definition) is 1. The molecule has 0 atom stereocenters. The Morgan fingerprint density at radius 3 is 2.85 bits per heavy atom. The molecule has 0 bridgehead atoms. The van der Waals surface area contributed by atoms with Crippen LogP contribution in [0.2, 0.25) is 0 Å². The largest absolute Gasteiger partial charge is 0.469 e. The number of methoxy groups -OCH3 is 1. The summed E-state index contributed by atoms with van der Waals surface area (Å²) in [5, 5.41) is 0. The molecule has 1 N–H and O–H groups in total. The van der Waals surface area contributed by atoms with Gasteiger partial charge in [-0.3, -0.25) is 9.59 Å². The van der Waals surface area contributed by atoms with Gasteiger partial charge in [0.25, 0.3) is 0 Å². The summed E-state index contributed by atoms with van der Waals surface area (Å²) in [6.45, 7) is 1.75. The molecule has 0 radical (unpaired) electrons. The molecule has 0 saturated carbocycles. The van der Waals surface area contributed by atoms with Crippen LogP contribution in [0.25, 0.3) is 0 Å². The maximum atomic E-state index is 11.3. The van der Waals surface area contributed by atoms with Crippen LogP contribution < -0.4 is 5.43 Å². The van der Waals surface area contributed by atoms with Crippen LogP contribution in [0.3, 0.4) is 0 Å². The van der Waals surface area contributed by atoms with Gasteiger partial charge in [0.2, 0.25) is 0 Å². The van der Waals surface area contributed by atoms with Gasteiger partial charge in [0.05, 0.1) is 13.5 Å². The van der Waals surface area contributed by atoms with Crippen molar-refractivity contribution in [2.45, 2.75) is 13.3 Å². The fourth-order valence-corrected chi connectivity index (χ4v) is 1.05. The van der Waals surface area contributed by atoms with E-state index in [-0.39, 0.29) is 11.8 Å². The first kappa shape index (κ1) is 9.51. The Bertz CT molecular complexity index is 367. The number of H-pyrrole nitrogens is 1. The van der Waals surface area contributed by atoms with Gasteiger partial charge in [0.1, 0.15) is 0 Å². The maximum absolute atomic E-state index is 11.3. The van der Waals surface area contributed by atoms with Gasteiger partial charge in [-0.15, -0.1) is 0 Å². The molecule has 0 aliphatic rings. The van der Waals surface area contributed by atoms with E-state index >= 15 is 0 Å². The van der Waals surface area contributed by atoms with E-state index in [1.807, 2.05) is 0 Å². The van der Waals surface area contributed by atoms with Gasteiger partial charge >= 0.3 is 5.97 Å². The molecule has 0 amide bonds. The maximum Gasteiger partial charge on any atom is 0.310 e. The topological polar surface area (TPSA) is 59.2 Å². The molecule has 1 heterocycles. The summed E-state index contributed by atoms with van der Waals surface area (Å²) in [6, 6.07) is 1.39. The number of rotatable bonds is 2. The molecule has 4 nitrogen and oxygen atoms in total. The molecular weight excluding hydrogens is 170 g/mol. The number of ether oxygens (including phenoxy) is 1. The minimum absolute atomic E-state index is 0.0263. The van der Waals surface area contributed by atoms with E-state index in [9.17, 15) is 9.59 Å². The summed E-state index contributed by atoms with van der Waals surface area (Å²) in [5.41, 5.74) is 1.04. The normalized spacial score (nSPS) is 9.69. The lowest BCUT2D eigenvalue weighted by atomic mass is 10.1. The van der Waals surface area contributed by atoms with Crippen molar-refractivity contribution in [1.82, 2.24) is 4.98 Å². The molecule has 0 aliphatic heterocycles. The Balaban J connectivity index is 3.00. The average molecular weight is 181 g/mol. The Morgan fingerprint density at radius 2 is 2.31 bits per heavy atom. The molecule has 0 saturated heterocycles. The highest BCUT2D eigenvalue weighted by Gasteiger charge is 2.08. The van der Waals surface area contributed by atoms with E-state index in [2.05, 4.69) is 9.72 Å². The van der Waals surface area contributed by atoms with Crippen LogP contribution in [0.15, 0.2) is 17.1 Å². The molecule has 0 aromatic carbocycles. The van der Waals surface area contributed by atoms with Crippen molar-refractivity contribution in [1.29, 1.82) is 0 Å². The molecule has 1 rings (SSSR count). The first-order valence-electron chi connectivity index (χ1n) is 3.89. The predicted octanol–water partition coefficient (Wildman–Crippen LogP) is 0.399. The highest BCUT2D eigenvalue weighted by Crippen LogP contribution is 1.99. The van der Waals surface area contributed by atoms with Crippen molar-refractivity contribution in [2.24, 2.45) is 0 Å². The van der Waals surface area contributed by atoms with Crippen molar-refractivity contribution in [2.75, 3.05) is 7.11 Å². The van der Waals surface area contributed by atoms with E-state index in [1.54, 1.807) is 13.1 Å². The van der Waals surface area contributed by atoms with Crippen LogP contribution in [-0.4, -0.2) is 18.1 Å². The fourth-order valence-electron chi connectivity index (χ4n) is 1.05. The molecule has 13 heavy (non-hydrogen) atoms. The Morgan fingerprint density at radius 1 is 1.62 bits per heavy atom. The molecule has 0 spiro atoms. The zero-order chi connectivity index (χ0) is 9.84. The molecule has 1 aromatic heterocycles. The van der Waals surface area contributed by atoms with Crippen molar-refractivity contribution in [3.05, 3.63) is 33.7 Å². The second-order valence-electron chi connectivity index (χ2n) is 2.70. The van der Waals surface area contributed by atoms with Gasteiger partial charge in [0.15, 0.2) is 5.43 Å². The molecule has 1 aromatic rings. The van der Waals surface area contributed by atoms with Crippen LogP contribution in [0.5, 0.6) is 0 Å². The lowest BCUT2D eigenvalue weighted by Gasteiger charge is -2.02. The Hall–Kier alpha value is -1.58. The third-order valence-electron chi connectivity index (χ3n) is 1.83. The molecular formula is C9H11NO3. The quantitative estimate of drug-likeness (QED) is 0.672. The summed E-state index contributed by atoms with van der Waals surface area (Å²) >= 11 is 0. The van der Waals surface area contributed by atoms with Gasteiger partial charge in [-0.05, 0) is 6.92 Å². The van der Waals surface area contributed by atoms with Crippen LogP contribution in [0.1, 0.15) is 11.3 Å². The number of carbonyl (C=O) groups excluding carboxylic acids is 1. The van der Waals surface area contributed by atoms with Gasteiger partial charge in [0, 0.05) is 23.5 Å². The molecule has 70 valence electrons. The van der Waals surface area contributed by atoms with Gasteiger partial charge in [-0.2, -0.15) is 0 Å². The number of aromatic amines is 1. The number of carbonyl (C=O) groups is 1. The predicted molar refractivity (Wildman–Crippen MR) is 47.5 cm³/mol. The fraction of sp³-hybridized carbons (Fsp3) is 0.333. The monoisotopic (exact) mass is 181 g/mol. The Labute approximate surface area is 75.5 Å². The zero-order valence-electron chi connectivity index (χ0n) is 7.59. The Kier molecular flexibility index (Phi) is 2.84. The van der Waals surface area contributed by atoms with Crippen LogP contribution in [0.4, 0.5) is 0 Å². The summed E-state index contributed by atoms with van der Waals surface area (Å²) in [6.07, 6.45) is 1.58. The minimum Gasteiger partial charge on any atom is -0.469 e. The van der Waals surface area contributed by atoms with Gasteiger partial charge in [-0.25, -0.2) is 0 Å². The van der Waals surface area contributed by atoms with Crippen molar-refractivity contribution in [3.63, 3.8) is 0 Å². The number of nitrogens with one attached hydrogen (secondary N) is 1. The van der Waals surface area contributed by atoms with Crippen molar-refractivity contribution < 1.29 is 9.53 Å². The first-order valence-corrected chi connectivity index (χ1v) is 3.89. The standard InChI is InChI=1S/C9H11NO3/c1-6-7(5-9(12)13-2)8(11)3-4-10-6/h3-4H,5H2,1-2H3,(H,10,11). The number of pyridine rings is 1. The zero-order valence-corrected chi connectivity index (χ0v) is 7.59. The van der Waals surface area contributed by atoms with Crippen molar-refractivity contribution >= 4 is 5.97 Å². The summed E-state index contributed by atoms with van der Waals surface area (Å²) in [5.74, 6) is -0.403. The second kappa shape index (κ2) is 3.89. The van der Waals surface area contributed by atoms with Crippen LogP contribution in [0, 0.1) is 6.92 Å². The van der Waals surface area contributed by atoms with Crippen LogP contribution in [-0.2, 0) is 16.0 Å². The smallest absolute Gasteiger partial charge is 0.310 e. The highest BCUT2D eigenvalue weighted by atomic mass is 16.5. The van der Waals surface area contributed by atoms with Gasteiger partial charge in [-0.1, -0.05) is 0 Å². The average Bonchev–Trinajstić information content (AvgIpc) is 2.11. The van der Waals surface area contributed by atoms with E-state index in [4.69, 9.17) is 0 Å². The third kappa shape index (κ3) is 2.18. The molecule has 0 aliphatic carbocycles. The van der Waals surface area contributed by atoms with Crippen LogP contribution >= 0.6 is 0 Å². The van der Waals surface area contributed by atoms with E-state index in [1.165, 1.54) is 13.2 Å². The summed E-state index contributed by atoms with van der Waals surface area (Å²) in [4.78, 5) is 25.0. The minimum atomic E-state index is -0.403. The first-order chi connectivity index (χ1) is 6.15.